The molecule has 7 heteroatoms. The third-order valence-corrected chi connectivity index (χ3v) is 5.87. The molecule has 3 heterocycles. The molecule has 1 aliphatic heterocycles. The number of fused-ring (bicyclic) bond motifs is 3. The van der Waals surface area contributed by atoms with E-state index in [2.05, 4.69) is 4.90 Å². The summed E-state index contributed by atoms with van der Waals surface area (Å²) in [6.45, 7) is 3.75. The van der Waals surface area contributed by atoms with Crippen molar-refractivity contribution in [2.24, 2.45) is 7.05 Å². The normalized spacial score (nSPS) is 13.6. The van der Waals surface area contributed by atoms with E-state index < -0.39 is 0 Å². The Hall–Kier alpha value is -3.61. The Morgan fingerprint density at radius 3 is 2.47 bits per heavy atom. The van der Waals surface area contributed by atoms with Gasteiger partial charge in [-0.05, 0) is 36.6 Å². The number of rotatable bonds is 3. The van der Waals surface area contributed by atoms with Gasteiger partial charge >= 0.3 is 5.69 Å². The van der Waals surface area contributed by atoms with Gasteiger partial charge in [-0.2, -0.15) is 4.98 Å². The maximum Gasteiger partial charge on any atom is 0.332 e. The number of benzene rings is 2. The van der Waals surface area contributed by atoms with Gasteiger partial charge in [0.05, 0.1) is 6.54 Å². The first-order valence-corrected chi connectivity index (χ1v) is 10.1. The van der Waals surface area contributed by atoms with Crippen molar-refractivity contribution in [2.45, 2.75) is 26.4 Å². The van der Waals surface area contributed by atoms with Gasteiger partial charge in [0.2, 0.25) is 5.95 Å². The second-order valence-corrected chi connectivity index (χ2v) is 7.74. The van der Waals surface area contributed by atoms with Crippen LogP contribution in [0.1, 0.15) is 17.5 Å². The molecule has 0 fully saturated rings. The first kappa shape index (κ1) is 18.4. The van der Waals surface area contributed by atoms with Crippen LogP contribution in [-0.2, 0) is 20.1 Å². The van der Waals surface area contributed by atoms with Gasteiger partial charge in [-0.25, -0.2) is 4.79 Å². The average Bonchev–Trinajstić information content (AvgIpc) is 3.17. The molecule has 0 radical (unpaired) electrons. The Kier molecular flexibility index (Phi) is 4.31. The fourth-order valence-corrected chi connectivity index (χ4v) is 4.21. The molecule has 0 aliphatic carbocycles. The lowest BCUT2D eigenvalue weighted by atomic mass is 10.1. The van der Waals surface area contributed by atoms with E-state index in [9.17, 15) is 9.59 Å². The van der Waals surface area contributed by atoms with Crippen molar-refractivity contribution in [3.63, 3.8) is 0 Å². The largest absolute Gasteiger partial charge is 0.332 e. The predicted molar refractivity (Wildman–Crippen MR) is 118 cm³/mol. The molecule has 0 N–H and O–H groups in total. The second kappa shape index (κ2) is 7.02. The summed E-state index contributed by atoms with van der Waals surface area (Å²) in [5.41, 5.74) is 3.32. The predicted octanol–water partition coefficient (Wildman–Crippen LogP) is 2.80. The molecule has 0 bridgehead atoms. The Labute approximate surface area is 173 Å². The van der Waals surface area contributed by atoms with Crippen LogP contribution in [0.15, 0.2) is 64.2 Å². The number of aryl methyl sites for hydroxylation is 3. The van der Waals surface area contributed by atoms with Crippen LogP contribution in [-0.4, -0.2) is 25.2 Å². The van der Waals surface area contributed by atoms with Gasteiger partial charge in [-0.15, -0.1) is 0 Å². The van der Waals surface area contributed by atoms with Gasteiger partial charge in [0, 0.05) is 25.8 Å². The topological polar surface area (TPSA) is 65.1 Å². The Balaban J connectivity index is 1.73. The van der Waals surface area contributed by atoms with Crippen molar-refractivity contribution in [1.82, 2.24) is 18.7 Å². The summed E-state index contributed by atoms with van der Waals surface area (Å²) in [4.78, 5) is 33.4. The lowest BCUT2D eigenvalue weighted by Crippen LogP contribution is -2.40. The molecular formula is C23H23N5O2. The monoisotopic (exact) mass is 401 g/mol. The highest BCUT2D eigenvalue weighted by Gasteiger charge is 2.26. The number of para-hydroxylation sites is 1. The third-order valence-electron chi connectivity index (χ3n) is 5.87. The highest BCUT2D eigenvalue weighted by molar-refractivity contribution is 5.77. The van der Waals surface area contributed by atoms with E-state index in [1.54, 1.807) is 7.05 Å². The zero-order valence-corrected chi connectivity index (χ0v) is 17.1. The zero-order valence-electron chi connectivity index (χ0n) is 17.1. The number of hydrogen-bond donors (Lipinski definition) is 0. The Bertz CT molecular complexity index is 1360. The fourth-order valence-electron chi connectivity index (χ4n) is 4.21. The standard InChI is InChI=1S/C23H23N5O2/c1-16-9-6-7-10-17(16)15-28-21(29)19-20(25(2)23(28)30)24-22-26(13-8-14-27(19)22)18-11-4-3-5-12-18/h3-7,9-12H,8,13-15H2,1-2H3. The van der Waals surface area contributed by atoms with Crippen LogP contribution < -0.4 is 16.1 Å². The molecule has 0 atom stereocenters. The number of imidazole rings is 1. The van der Waals surface area contributed by atoms with Crippen molar-refractivity contribution < 1.29 is 0 Å². The van der Waals surface area contributed by atoms with E-state index in [4.69, 9.17) is 4.98 Å². The maximum atomic E-state index is 13.5. The lowest BCUT2D eigenvalue weighted by molar-refractivity contribution is 0.597. The highest BCUT2D eigenvalue weighted by atomic mass is 16.2. The summed E-state index contributed by atoms with van der Waals surface area (Å²) in [5.74, 6) is 0.711. The van der Waals surface area contributed by atoms with E-state index in [1.807, 2.05) is 66.1 Å². The van der Waals surface area contributed by atoms with Crippen molar-refractivity contribution in [2.75, 3.05) is 11.4 Å². The third kappa shape index (κ3) is 2.77. The van der Waals surface area contributed by atoms with Crippen molar-refractivity contribution >= 4 is 22.8 Å². The quantitative estimate of drug-likeness (QED) is 0.530. The summed E-state index contributed by atoms with van der Waals surface area (Å²) < 4.78 is 4.77. The lowest BCUT2D eigenvalue weighted by Gasteiger charge is -2.28. The van der Waals surface area contributed by atoms with Crippen LogP contribution in [0.3, 0.4) is 0 Å². The van der Waals surface area contributed by atoms with E-state index >= 15 is 0 Å². The van der Waals surface area contributed by atoms with Gasteiger partial charge in [0.15, 0.2) is 11.2 Å². The molecule has 0 saturated carbocycles. The molecule has 30 heavy (non-hydrogen) atoms. The molecule has 0 unspecified atom stereocenters. The molecule has 7 nitrogen and oxygen atoms in total. The summed E-state index contributed by atoms with van der Waals surface area (Å²) in [6.07, 6.45) is 0.896. The minimum Gasteiger partial charge on any atom is -0.312 e. The molecule has 4 aromatic rings. The van der Waals surface area contributed by atoms with Gasteiger partial charge in [0.1, 0.15) is 0 Å². The average molecular weight is 401 g/mol. The molecule has 152 valence electrons. The molecule has 0 spiro atoms. The van der Waals surface area contributed by atoms with Crippen molar-refractivity contribution in [3.8, 4) is 0 Å². The molecule has 0 saturated heterocycles. The number of aromatic nitrogens is 4. The Morgan fingerprint density at radius 2 is 1.70 bits per heavy atom. The van der Waals surface area contributed by atoms with Crippen molar-refractivity contribution in [1.29, 1.82) is 0 Å². The van der Waals surface area contributed by atoms with Gasteiger partial charge < -0.3 is 9.47 Å². The van der Waals surface area contributed by atoms with Crippen LogP contribution in [0.25, 0.3) is 11.2 Å². The molecule has 5 rings (SSSR count). The number of anilines is 2. The van der Waals surface area contributed by atoms with E-state index in [0.29, 0.717) is 23.7 Å². The van der Waals surface area contributed by atoms with E-state index in [-0.39, 0.29) is 17.8 Å². The molecule has 1 aliphatic rings. The molecular weight excluding hydrogens is 378 g/mol. The van der Waals surface area contributed by atoms with Crippen LogP contribution in [0.5, 0.6) is 0 Å². The SMILES string of the molecule is Cc1ccccc1Cn1c(=O)c2c(nc3n2CCCN3c2ccccc2)n(C)c1=O. The van der Waals surface area contributed by atoms with Crippen LogP contribution >= 0.6 is 0 Å². The van der Waals surface area contributed by atoms with Crippen molar-refractivity contribution in [3.05, 3.63) is 86.6 Å². The maximum absolute atomic E-state index is 13.5. The minimum atomic E-state index is -0.350. The summed E-state index contributed by atoms with van der Waals surface area (Å²) in [5, 5.41) is 0. The van der Waals surface area contributed by atoms with Crippen LogP contribution in [0.4, 0.5) is 11.6 Å². The summed E-state index contributed by atoms with van der Waals surface area (Å²) >= 11 is 0. The number of nitrogens with zero attached hydrogens (tertiary/aromatic N) is 5. The Morgan fingerprint density at radius 1 is 0.967 bits per heavy atom. The second-order valence-electron chi connectivity index (χ2n) is 7.74. The summed E-state index contributed by atoms with van der Waals surface area (Å²) in [6, 6.07) is 17.8. The smallest absolute Gasteiger partial charge is 0.312 e. The fraction of sp³-hybridized carbons (Fsp3) is 0.261. The molecule has 2 aromatic heterocycles. The van der Waals surface area contributed by atoms with E-state index in [1.165, 1.54) is 9.13 Å². The highest BCUT2D eigenvalue weighted by Crippen LogP contribution is 2.30. The molecule has 2 aromatic carbocycles. The first-order valence-electron chi connectivity index (χ1n) is 10.1. The van der Waals surface area contributed by atoms with Gasteiger partial charge in [0.25, 0.3) is 5.56 Å². The zero-order chi connectivity index (χ0) is 20.8. The van der Waals surface area contributed by atoms with Crippen LogP contribution in [0.2, 0.25) is 0 Å². The van der Waals surface area contributed by atoms with Gasteiger partial charge in [-0.1, -0.05) is 42.5 Å². The van der Waals surface area contributed by atoms with Crippen LogP contribution in [0, 0.1) is 6.92 Å². The van der Waals surface area contributed by atoms with E-state index in [0.717, 1.165) is 29.8 Å². The summed E-state index contributed by atoms with van der Waals surface area (Å²) in [7, 11) is 1.68. The minimum absolute atomic E-state index is 0.247. The first-order chi connectivity index (χ1) is 14.6. The number of hydrogen-bond acceptors (Lipinski definition) is 4. The molecule has 0 amide bonds. The van der Waals surface area contributed by atoms with Gasteiger partial charge in [-0.3, -0.25) is 13.9 Å².